The van der Waals surface area contributed by atoms with Gasteiger partial charge in [-0.05, 0) is 38.9 Å². The Hall–Kier alpha value is -5.04. The molecule has 7 rings (SSSR count). The van der Waals surface area contributed by atoms with Crippen molar-refractivity contribution in [2.24, 2.45) is 5.73 Å². The van der Waals surface area contributed by atoms with Gasteiger partial charge in [-0.2, -0.15) is 0 Å². The van der Waals surface area contributed by atoms with E-state index in [0.717, 1.165) is 50.1 Å². The fourth-order valence-corrected chi connectivity index (χ4v) is 6.75. The highest BCUT2D eigenvalue weighted by Crippen LogP contribution is 2.53. The van der Waals surface area contributed by atoms with E-state index in [0.29, 0.717) is 0 Å². The number of hydrogen-bond acceptors (Lipinski definition) is 6. The molecule has 44 heavy (non-hydrogen) atoms. The summed E-state index contributed by atoms with van der Waals surface area (Å²) in [5, 5.41) is 0. The van der Waals surface area contributed by atoms with Gasteiger partial charge in [-0.15, -0.1) is 0 Å². The van der Waals surface area contributed by atoms with E-state index in [1.165, 1.54) is 7.11 Å². The number of fused-ring (bicyclic) bond motifs is 6. The second-order valence-electron chi connectivity index (χ2n) is 11.2. The van der Waals surface area contributed by atoms with Crippen LogP contribution in [0.1, 0.15) is 33.7 Å². The predicted molar refractivity (Wildman–Crippen MR) is 168 cm³/mol. The maximum absolute atomic E-state index is 13.9. The molecule has 0 heterocycles. The third-order valence-corrected chi connectivity index (χ3v) is 8.86. The van der Waals surface area contributed by atoms with Crippen molar-refractivity contribution in [2.45, 2.75) is 17.1 Å². The first-order valence-corrected chi connectivity index (χ1v) is 14.6. The quantitative estimate of drug-likeness (QED) is 0.173. The summed E-state index contributed by atoms with van der Waals surface area (Å²) >= 11 is 0. The fraction of sp³-hybridized carbons (Fsp3) is 0.158. The van der Waals surface area contributed by atoms with E-state index in [1.807, 2.05) is 115 Å². The summed E-state index contributed by atoms with van der Waals surface area (Å²) in [6.45, 7) is -0.466. The van der Waals surface area contributed by atoms with Crippen LogP contribution >= 0.6 is 0 Å². The summed E-state index contributed by atoms with van der Waals surface area (Å²) in [6, 6.07) is 41.8. The van der Waals surface area contributed by atoms with E-state index >= 15 is 0 Å². The summed E-state index contributed by atoms with van der Waals surface area (Å²) in [4.78, 5) is 27.1. The Morgan fingerprint density at radius 1 is 0.659 bits per heavy atom. The van der Waals surface area contributed by atoms with E-state index in [-0.39, 0.29) is 12.5 Å². The van der Waals surface area contributed by atoms with Crippen LogP contribution in [0.25, 0.3) is 22.3 Å². The van der Waals surface area contributed by atoms with E-state index in [2.05, 4.69) is 12.1 Å². The number of benzene rings is 5. The number of methoxy groups -OCH3 is 1. The molecule has 0 bridgehead atoms. The molecule has 0 aromatic heterocycles. The number of rotatable bonds is 8. The minimum atomic E-state index is -2.22. The highest BCUT2D eigenvalue weighted by atomic mass is 16.6. The van der Waals surface area contributed by atoms with Gasteiger partial charge < -0.3 is 19.9 Å². The zero-order chi connectivity index (χ0) is 30.3. The lowest BCUT2D eigenvalue weighted by Crippen LogP contribution is -2.61. The largest absolute Gasteiger partial charge is 0.467 e. The third kappa shape index (κ3) is 4.18. The zero-order valence-corrected chi connectivity index (χ0v) is 24.2. The second kappa shape index (κ2) is 10.9. The zero-order valence-electron chi connectivity index (χ0n) is 24.2. The van der Waals surface area contributed by atoms with Crippen molar-refractivity contribution >= 4 is 11.9 Å². The van der Waals surface area contributed by atoms with Crippen molar-refractivity contribution in [3.8, 4) is 22.3 Å². The van der Waals surface area contributed by atoms with Crippen molar-refractivity contribution in [1.82, 2.24) is 0 Å². The Morgan fingerprint density at radius 3 is 1.68 bits per heavy atom. The van der Waals surface area contributed by atoms with Crippen LogP contribution in [0.4, 0.5) is 0 Å². The highest BCUT2D eigenvalue weighted by Gasteiger charge is 2.52. The molecule has 1 atom stereocenters. The summed E-state index contributed by atoms with van der Waals surface area (Å²) in [5.74, 6) is -2.04. The SMILES string of the molecule is COC(=O)[C@@](N)(COC1(c2ccccc2)c2ccccc2-c2ccccc21)C(=O)OCC1c2ccccc2-c2ccccc21. The summed E-state index contributed by atoms with van der Waals surface area (Å²) in [5.41, 5.74) is 12.3. The molecule has 0 aliphatic heterocycles. The van der Waals surface area contributed by atoms with Crippen molar-refractivity contribution in [3.05, 3.63) is 155 Å². The maximum Gasteiger partial charge on any atom is 0.340 e. The molecule has 0 unspecified atom stereocenters. The minimum Gasteiger partial charge on any atom is -0.467 e. The van der Waals surface area contributed by atoms with Crippen LogP contribution in [0.2, 0.25) is 0 Å². The van der Waals surface area contributed by atoms with Crippen molar-refractivity contribution in [3.63, 3.8) is 0 Å². The summed E-state index contributed by atoms with van der Waals surface area (Å²) in [6.07, 6.45) is 0. The summed E-state index contributed by atoms with van der Waals surface area (Å²) < 4.78 is 17.7. The number of carbonyl (C=O) groups excluding carboxylic acids is 2. The van der Waals surface area contributed by atoms with E-state index in [4.69, 9.17) is 19.9 Å². The molecule has 0 spiro atoms. The van der Waals surface area contributed by atoms with Gasteiger partial charge in [0.25, 0.3) is 0 Å². The first kappa shape index (κ1) is 27.8. The van der Waals surface area contributed by atoms with Crippen LogP contribution in [-0.2, 0) is 29.4 Å². The first-order chi connectivity index (χ1) is 21.5. The van der Waals surface area contributed by atoms with Gasteiger partial charge >= 0.3 is 11.9 Å². The summed E-state index contributed by atoms with van der Waals surface area (Å²) in [7, 11) is 1.20. The lowest BCUT2D eigenvalue weighted by atomic mass is 9.83. The molecule has 0 saturated heterocycles. The van der Waals surface area contributed by atoms with Crippen LogP contribution < -0.4 is 5.73 Å². The van der Waals surface area contributed by atoms with Crippen molar-refractivity contribution in [2.75, 3.05) is 20.3 Å². The smallest absolute Gasteiger partial charge is 0.340 e. The molecule has 6 heteroatoms. The Labute approximate surface area is 256 Å². The van der Waals surface area contributed by atoms with Crippen molar-refractivity contribution < 1.29 is 23.8 Å². The van der Waals surface area contributed by atoms with Gasteiger partial charge in [0.1, 0.15) is 12.2 Å². The molecule has 6 nitrogen and oxygen atoms in total. The van der Waals surface area contributed by atoms with Gasteiger partial charge in [-0.3, -0.25) is 0 Å². The Morgan fingerprint density at radius 2 is 1.14 bits per heavy atom. The predicted octanol–water partition coefficient (Wildman–Crippen LogP) is 6.20. The standard InChI is InChI=1S/C38H31NO5/c1-42-35(40)37(39,36(41)43-23-32-28-17-7-5-15-26(28)27-16-6-8-18-29(27)32)24-44-38(25-13-3-2-4-14-25)33-21-11-9-19-30(33)31-20-10-12-22-34(31)38/h2-22,32H,23-24,39H2,1H3/t37-/m0/s1. The van der Waals surface area contributed by atoms with Crippen LogP contribution in [0, 0.1) is 0 Å². The Kier molecular flexibility index (Phi) is 6.88. The Bertz CT molecular complexity index is 1790. The van der Waals surface area contributed by atoms with Gasteiger partial charge in [0.2, 0.25) is 5.54 Å². The van der Waals surface area contributed by atoms with Crippen LogP contribution in [-0.4, -0.2) is 37.8 Å². The molecule has 2 N–H and O–H groups in total. The first-order valence-electron chi connectivity index (χ1n) is 14.6. The number of esters is 2. The van der Waals surface area contributed by atoms with Crippen molar-refractivity contribution in [1.29, 1.82) is 0 Å². The van der Waals surface area contributed by atoms with Gasteiger partial charge in [-0.1, -0.05) is 127 Å². The average Bonchev–Trinajstić information content (AvgIpc) is 3.56. The van der Waals surface area contributed by atoms with Gasteiger partial charge in [-0.25, -0.2) is 9.59 Å². The normalized spacial score (nSPS) is 15.3. The highest BCUT2D eigenvalue weighted by molar-refractivity contribution is 6.05. The number of nitrogens with two attached hydrogens (primary N) is 1. The van der Waals surface area contributed by atoms with E-state index in [9.17, 15) is 9.59 Å². The average molecular weight is 582 g/mol. The molecule has 5 aromatic carbocycles. The minimum absolute atomic E-state index is 0.0122. The van der Waals surface area contributed by atoms with Crippen LogP contribution in [0.15, 0.2) is 127 Å². The fourth-order valence-electron chi connectivity index (χ4n) is 6.75. The maximum atomic E-state index is 13.9. The third-order valence-electron chi connectivity index (χ3n) is 8.86. The molecule has 218 valence electrons. The second-order valence-corrected chi connectivity index (χ2v) is 11.2. The van der Waals surface area contributed by atoms with Gasteiger partial charge in [0.05, 0.1) is 13.7 Å². The van der Waals surface area contributed by atoms with E-state index in [1.54, 1.807) is 0 Å². The lowest BCUT2D eigenvalue weighted by molar-refractivity contribution is -0.168. The monoisotopic (exact) mass is 581 g/mol. The van der Waals surface area contributed by atoms with Crippen LogP contribution in [0.5, 0.6) is 0 Å². The molecule has 0 saturated carbocycles. The molecule has 0 amide bonds. The van der Waals surface area contributed by atoms with Crippen LogP contribution in [0.3, 0.4) is 0 Å². The topological polar surface area (TPSA) is 87.9 Å². The van der Waals surface area contributed by atoms with E-state index < -0.39 is 29.7 Å². The molecular formula is C38H31NO5. The molecule has 0 fully saturated rings. The molecule has 5 aromatic rings. The number of carbonyl (C=O) groups is 2. The number of hydrogen-bond donors (Lipinski definition) is 1. The van der Waals surface area contributed by atoms with Gasteiger partial charge in [0, 0.05) is 17.0 Å². The van der Waals surface area contributed by atoms with Gasteiger partial charge in [0.15, 0.2) is 0 Å². The molecule has 2 aliphatic rings. The molecular weight excluding hydrogens is 550 g/mol. The number of ether oxygens (including phenoxy) is 3. The molecule has 0 radical (unpaired) electrons. The Balaban J connectivity index is 1.23. The lowest BCUT2D eigenvalue weighted by Gasteiger charge is -2.36. The molecule has 2 aliphatic carbocycles.